The maximum Gasteiger partial charge on any atom is 0.218 e. The number of guanidine groups is 1. The van der Waals surface area contributed by atoms with Crippen LogP contribution < -0.4 is 20.3 Å². The van der Waals surface area contributed by atoms with Crippen molar-refractivity contribution in [2.75, 3.05) is 32.1 Å². The first-order chi connectivity index (χ1) is 12.7. The first-order valence-electron chi connectivity index (χ1n) is 8.65. The number of halogens is 2. The highest BCUT2D eigenvalue weighted by Gasteiger charge is 2.23. The molecule has 3 rings (SSSR count). The predicted molar refractivity (Wildman–Crippen MR) is 122 cm³/mol. The van der Waals surface area contributed by atoms with Gasteiger partial charge in [0.2, 0.25) is 5.88 Å². The fraction of sp³-hybridized carbons (Fsp3) is 0.368. The summed E-state index contributed by atoms with van der Waals surface area (Å²) in [5.41, 5.74) is 2.15. The van der Waals surface area contributed by atoms with Gasteiger partial charge in [-0.15, -0.1) is 24.0 Å². The summed E-state index contributed by atoms with van der Waals surface area (Å²) in [5.74, 6) is 1.40. The largest absolute Gasteiger partial charge is 0.481 e. The second-order valence-electron chi connectivity index (χ2n) is 6.15. The highest BCUT2D eigenvalue weighted by atomic mass is 127. The normalized spacial score (nSPS) is 16.6. The molecule has 8 heteroatoms. The summed E-state index contributed by atoms with van der Waals surface area (Å²) in [6.45, 7) is 2.50. The molecule has 1 aromatic carbocycles. The van der Waals surface area contributed by atoms with Crippen LogP contribution in [0.4, 0.5) is 5.69 Å². The van der Waals surface area contributed by atoms with Crippen LogP contribution in [0.25, 0.3) is 0 Å². The van der Waals surface area contributed by atoms with Crippen molar-refractivity contribution in [1.82, 2.24) is 15.6 Å². The Morgan fingerprint density at radius 1 is 1.37 bits per heavy atom. The zero-order valence-corrected chi connectivity index (χ0v) is 18.6. The Morgan fingerprint density at radius 3 is 2.96 bits per heavy atom. The van der Waals surface area contributed by atoms with E-state index >= 15 is 0 Å². The lowest BCUT2D eigenvalue weighted by Gasteiger charge is -2.20. The minimum Gasteiger partial charge on any atom is -0.481 e. The van der Waals surface area contributed by atoms with Crippen molar-refractivity contribution in [3.63, 3.8) is 0 Å². The molecule has 1 unspecified atom stereocenters. The van der Waals surface area contributed by atoms with Gasteiger partial charge in [-0.3, -0.25) is 4.99 Å². The molecule has 2 aromatic rings. The predicted octanol–water partition coefficient (Wildman–Crippen LogP) is 3.31. The summed E-state index contributed by atoms with van der Waals surface area (Å²) >= 11 is 6.10. The van der Waals surface area contributed by atoms with E-state index in [1.165, 1.54) is 0 Å². The number of rotatable bonds is 5. The number of methoxy groups -OCH3 is 1. The average Bonchev–Trinajstić information content (AvgIpc) is 3.14. The van der Waals surface area contributed by atoms with Gasteiger partial charge in [-0.25, -0.2) is 4.98 Å². The second-order valence-corrected chi connectivity index (χ2v) is 6.59. The monoisotopic (exact) mass is 501 g/mol. The van der Waals surface area contributed by atoms with Crippen molar-refractivity contribution in [2.24, 2.45) is 4.99 Å². The van der Waals surface area contributed by atoms with Gasteiger partial charge in [0.05, 0.1) is 7.11 Å². The fourth-order valence-electron chi connectivity index (χ4n) is 3.09. The number of hydrogen-bond donors (Lipinski definition) is 2. The standard InChI is InChI=1S/C19H24ClN5O.HI/c1-21-19(23-12-14-5-4-9-22-18(14)26-2)24-16-8-10-25(13-16)17-7-3-6-15(20)11-17;/h3-7,9,11,16H,8,10,12-13H2,1-2H3,(H2,21,23,24);1H. The van der Waals surface area contributed by atoms with Crippen molar-refractivity contribution in [1.29, 1.82) is 0 Å². The Kier molecular flexibility index (Phi) is 8.43. The molecule has 1 saturated heterocycles. The molecule has 1 aliphatic rings. The van der Waals surface area contributed by atoms with Crippen LogP contribution >= 0.6 is 35.6 Å². The zero-order chi connectivity index (χ0) is 18.4. The number of aromatic nitrogens is 1. The second kappa shape index (κ2) is 10.6. The molecule has 0 bridgehead atoms. The Hall–Kier alpha value is -1.74. The quantitative estimate of drug-likeness (QED) is 0.374. The molecule has 0 spiro atoms. The Morgan fingerprint density at radius 2 is 2.22 bits per heavy atom. The van der Waals surface area contributed by atoms with E-state index in [4.69, 9.17) is 16.3 Å². The van der Waals surface area contributed by atoms with E-state index in [9.17, 15) is 0 Å². The maximum atomic E-state index is 6.10. The number of hydrogen-bond acceptors (Lipinski definition) is 4. The highest BCUT2D eigenvalue weighted by molar-refractivity contribution is 14.0. The van der Waals surface area contributed by atoms with Gasteiger partial charge < -0.3 is 20.3 Å². The van der Waals surface area contributed by atoms with Crippen LogP contribution in [0.3, 0.4) is 0 Å². The molecule has 1 fully saturated rings. The SMILES string of the molecule is CN=C(NCc1cccnc1OC)NC1CCN(c2cccc(Cl)c2)C1.I. The maximum absolute atomic E-state index is 6.10. The van der Waals surface area contributed by atoms with Crippen molar-refractivity contribution in [2.45, 2.75) is 19.0 Å². The number of ether oxygens (including phenoxy) is 1. The molecule has 146 valence electrons. The van der Waals surface area contributed by atoms with Gasteiger partial charge in [-0.05, 0) is 30.7 Å². The Balaban J connectivity index is 0.00000261. The first kappa shape index (κ1) is 21.6. The smallest absolute Gasteiger partial charge is 0.218 e. The van der Waals surface area contributed by atoms with Crippen LogP contribution in [0.1, 0.15) is 12.0 Å². The summed E-state index contributed by atoms with van der Waals surface area (Å²) in [6, 6.07) is 12.2. The summed E-state index contributed by atoms with van der Waals surface area (Å²) < 4.78 is 5.29. The van der Waals surface area contributed by atoms with Gasteiger partial charge in [0.25, 0.3) is 0 Å². The van der Waals surface area contributed by atoms with Crippen molar-refractivity contribution >= 4 is 47.2 Å². The van der Waals surface area contributed by atoms with Gasteiger partial charge in [-0.2, -0.15) is 0 Å². The molecule has 0 radical (unpaired) electrons. The third-order valence-corrected chi connectivity index (χ3v) is 4.65. The first-order valence-corrected chi connectivity index (χ1v) is 9.03. The minimum atomic E-state index is 0. The fourth-order valence-corrected chi connectivity index (χ4v) is 3.28. The zero-order valence-electron chi connectivity index (χ0n) is 15.5. The lowest BCUT2D eigenvalue weighted by Crippen LogP contribution is -2.44. The van der Waals surface area contributed by atoms with E-state index in [0.717, 1.165) is 41.7 Å². The molecule has 0 saturated carbocycles. The molecule has 27 heavy (non-hydrogen) atoms. The van der Waals surface area contributed by atoms with Gasteiger partial charge >= 0.3 is 0 Å². The average molecular weight is 502 g/mol. The van der Waals surface area contributed by atoms with Crippen LogP contribution in [-0.4, -0.2) is 44.2 Å². The van der Waals surface area contributed by atoms with E-state index in [-0.39, 0.29) is 24.0 Å². The number of nitrogens with one attached hydrogen (secondary N) is 2. The highest BCUT2D eigenvalue weighted by Crippen LogP contribution is 2.23. The van der Waals surface area contributed by atoms with E-state index in [1.54, 1.807) is 20.4 Å². The topological polar surface area (TPSA) is 61.8 Å². The number of aliphatic imine (C=N–C) groups is 1. The molecule has 1 atom stereocenters. The molecular formula is C19H25ClIN5O. The van der Waals surface area contributed by atoms with E-state index in [0.29, 0.717) is 18.5 Å². The Bertz CT molecular complexity index is 773. The van der Waals surface area contributed by atoms with Crippen molar-refractivity contribution < 1.29 is 4.74 Å². The van der Waals surface area contributed by atoms with Crippen LogP contribution in [0, 0.1) is 0 Å². The van der Waals surface area contributed by atoms with Crippen LogP contribution in [0.2, 0.25) is 5.02 Å². The lowest BCUT2D eigenvalue weighted by molar-refractivity contribution is 0.392. The summed E-state index contributed by atoms with van der Waals surface area (Å²) in [5, 5.41) is 7.59. The Labute approximate surface area is 182 Å². The third kappa shape index (κ3) is 5.87. The van der Waals surface area contributed by atoms with Gasteiger partial charge in [0.15, 0.2) is 5.96 Å². The molecule has 0 aliphatic carbocycles. The van der Waals surface area contributed by atoms with E-state index in [1.807, 2.05) is 30.3 Å². The summed E-state index contributed by atoms with van der Waals surface area (Å²) in [7, 11) is 3.40. The van der Waals surface area contributed by atoms with Gasteiger partial charge in [0, 0.05) is 55.2 Å². The molecular weight excluding hydrogens is 477 g/mol. The van der Waals surface area contributed by atoms with Gasteiger partial charge in [-0.1, -0.05) is 23.7 Å². The molecule has 2 heterocycles. The molecule has 2 N–H and O–H groups in total. The minimum absolute atomic E-state index is 0. The molecule has 1 aliphatic heterocycles. The van der Waals surface area contributed by atoms with Crippen LogP contribution in [-0.2, 0) is 6.54 Å². The number of nitrogens with zero attached hydrogens (tertiary/aromatic N) is 3. The summed E-state index contributed by atoms with van der Waals surface area (Å²) in [4.78, 5) is 10.9. The van der Waals surface area contributed by atoms with Gasteiger partial charge in [0.1, 0.15) is 0 Å². The third-order valence-electron chi connectivity index (χ3n) is 4.42. The number of benzene rings is 1. The molecule has 6 nitrogen and oxygen atoms in total. The van der Waals surface area contributed by atoms with Crippen molar-refractivity contribution in [3.8, 4) is 5.88 Å². The molecule has 0 amide bonds. The summed E-state index contributed by atoms with van der Waals surface area (Å²) in [6.07, 6.45) is 2.77. The lowest BCUT2D eigenvalue weighted by atomic mass is 10.2. The van der Waals surface area contributed by atoms with E-state index in [2.05, 4.69) is 31.6 Å². The van der Waals surface area contributed by atoms with E-state index < -0.39 is 0 Å². The number of pyridine rings is 1. The number of anilines is 1. The van der Waals surface area contributed by atoms with Crippen LogP contribution in [0.5, 0.6) is 5.88 Å². The van der Waals surface area contributed by atoms with Crippen LogP contribution in [0.15, 0.2) is 47.6 Å². The van der Waals surface area contributed by atoms with Crippen molar-refractivity contribution in [3.05, 3.63) is 53.2 Å². The molecule has 1 aromatic heterocycles.